The maximum Gasteiger partial charge on any atom is 0.122 e. The number of hydrogen-bond acceptors (Lipinski definition) is 3. The molecule has 1 aromatic rings. The highest BCUT2D eigenvalue weighted by Crippen LogP contribution is 2.30. The number of nitrogen functional groups attached to an aromatic ring is 1. The first-order valence-electron chi connectivity index (χ1n) is 7.13. The van der Waals surface area contributed by atoms with Crippen LogP contribution < -0.4 is 5.73 Å². The summed E-state index contributed by atoms with van der Waals surface area (Å²) in [5.41, 5.74) is 6.85. The molecule has 1 aliphatic rings. The van der Waals surface area contributed by atoms with Gasteiger partial charge in [-0.25, -0.2) is 0 Å². The molecule has 0 bridgehead atoms. The van der Waals surface area contributed by atoms with Gasteiger partial charge in [0, 0.05) is 30.2 Å². The number of hydrogen-bond donors (Lipinski definition) is 2. The molecular weight excluding hydrogens is 286 g/mol. The number of nitrogens with one attached hydrogen (secondary N) is 1. The van der Waals surface area contributed by atoms with Crippen LogP contribution in [0.3, 0.4) is 0 Å². The molecule has 1 aliphatic heterocycles. The summed E-state index contributed by atoms with van der Waals surface area (Å²) in [5.74, 6) is 0.0390. The Bertz CT molecular complexity index is 538. The summed E-state index contributed by atoms with van der Waals surface area (Å²) in [7, 11) is 0. The van der Waals surface area contributed by atoms with Crippen LogP contribution in [-0.2, 0) is 11.3 Å². The predicted octanol–water partition coefficient (Wildman–Crippen LogP) is 3.01. The topological polar surface area (TPSA) is 62.3 Å². The number of nitrogens with zero attached hydrogens (tertiary/aromatic N) is 1. The molecule has 1 aromatic carbocycles. The third-order valence-electron chi connectivity index (χ3n) is 3.52. The second kappa shape index (κ2) is 5.59. The summed E-state index contributed by atoms with van der Waals surface area (Å²) in [5, 5.41) is 8.11. The minimum Gasteiger partial charge on any atom is -0.384 e. The Balaban J connectivity index is 2.16. The van der Waals surface area contributed by atoms with Gasteiger partial charge in [0.15, 0.2) is 0 Å². The summed E-state index contributed by atoms with van der Waals surface area (Å²) in [4.78, 5) is 2.36. The molecule has 2 rings (SSSR count). The number of benzene rings is 1. The van der Waals surface area contributed by atoms with E-state index in [2.05, 4.69) is 32.6 Å². The predicted molar refractivity (Wildman–Crippen MR) is 87.0 cm³/mol. The van der Waals surface area contributed by atoms with Crippen molar-refractivity contribution in [3.8, 4) is 0 Å². The van der Waals surface area contributed by atoms with Crippen LogP contribution in [0.5, 0.6) is 0 Å². The van der Waals surface area contributed by atoms with Gasteiger partial charge in [-0.05, 0) is 39.3 Å². The van der Waals surface area contributed by atoms with Crippen LogP contribution in [0.15, 0.2) is 18.2 Å². The van der Waals surface area contributed by atoms with E-state index in [1.807, 2.05) is 12.1 Å². The van der Waals surface area contributed by atoms with Crippen molar-refractivity contribution >= 4 is 17.4 Å². The van der Waals surface area contributed by atoms with Gasteiger partial charge in [0.25, 0.3) is 0 Å². The second-order valence-electron chi connectivity index (χ2n) is 6.99. The van der Waals surface area contributed by atoms with Crippen LogP contribution in [-0.4, -0.2) is 35.0 Å². The van der Waals surface area contributed by atoms with Crippen LogP contribution >= 0.6 is 11.6 Å². The third kappa shape index (κ3) is 4.19. The summed E-state index contributed by atoms with van der Waals surface area (Å²) in [6.07, 6.45) is 0. The van der Waals surface area contributed by atoms with Crippen LogP contribution in [0.2, 0.25) is 5.02 Å². The molecule has 0 atom stereocenters. The van der Waals surface area contributed by atoms with Crippen molar-refractivity contribution in [1.29, 1.82) is 5.41 Å². The zero-order chi connectivity index (χ0) is 15.8. The van der Waals surface area contributed by atoms with Crippen molar-refractivity contribution in [3.05, 3.63) is 34.3 Å². The first kappa shape index (κ1) is 16.3. The Hall–Kier alpha value is -1.10. The van der Waals surface area contributed by atoms with Gasteiger partial charge < -0.3 is 10.5 Å². The Morgan fingerprint density at radius 1 is 1.29 bits per heavy atom. The Morgan fingerprint density at radius 2 is 1.86 bits per heavy atom. The van der Waals surface area contributed by atoms with E-state index in [1.165, 1.54) is 0 Å². The lowest BCUT2D eigenvalue weighted by molar-refractivity contribution is -0.182. The van der Waals surface area contributed by atoms with E-state index in [0.29, 0.717) is 10.6 Å². The lowest BCUT2D eigenvalue weighted by atomic mass is 9.98. The first-order valence-corrected chi connectivity index (χ1v) is 7.51. The van der Waals surface area contributed by atoms with Gasteiger partial charge in [0.2, 0.25) is 0 Å². The Labute approximate surface area is 131 Å². The van der Waals surface area contributed by atoms with Crippen molar-refractivity contribution in [2.75, 3.05) is 13.1 Å². The summed E-state index contributed by atoms with van der Waals surface area (Å²) >= 11 is 6.32. The lowest BCUT2D eigenvalue weighted by Crippen LogP contribution is -2.56. The highest BCUT2D eigenvalue weighted by molar-refractivity contribution is 6.31. The molecule has 1 fully saturated rings. The molecule has 0 saturated carbocycles. The van der Waals surface area contributed by atoms with E-state index < -0.39 is 0 Å². The fraction of sp³-hybridized carbons (Fsp3) is 0.562. The van der Waals surface area contributed by atoms with Gasteiger partial charge in [-0.15, -0.1) is 0 Å². The zero-order valence-corrected chi connectivity index (χ0v) is 13.9. The maximum absolute atomic E-state index is 7.45. The highest BCUT2D eigenvalue weighted by Gasteiger charge is 2.38. The van der Waals surface area contributed by atoms with E-state index in [0.717, 1.165) is 25.2 Å². The number of ether oxygens (including phenoxy) is 1. The van der Waals surface area contributed by atoms with Gasteiger partial charge in [0.05, 0.1) is 11.2 Å². The van der Waals surface area contributed by atoms with Gasteiger partial charge in [-0.2, -0.15) is 0 Å². The van der Waals surface area contributed by atoms with E-state index in [1.54, 1.807) is 6.07 Å². The fourth-order valence-corrected chi connectivity index (χ4v) is 3.38. The maximum atomic E-state index is 7.45. The highest BCUT2D eigenvalue weighted by atomic mass is 35.5. The monoisotopic (exact) mass is 309 g/mol. The third-order valence-corrected chi connectivity index (χ3v) is 3.87. The SMILES string of the molecule is CC1(C)CN(Cc2ccc(C(=N)N)cc2Cl)CC(C)(C)O1. The number of halogens is 1. The number of amidine groups is 1. The molecular formula is C16H24ClN3O. The molecule has 0 aliphatic carbocycles. The van der Waals surface area contributed by atoms with Crippen LogP contribution in [0.1, 0.15) is 38.8 Å². The molecule has 4 nitrogen and oxygen atoms in total. The van der Waals surface area contributed by atoms with Crippen LogP contribution in [0, 0.1) is 5.41 Å². The van der Waals surface area contributed by atoms with Crippen molar-refractivity contribution in [2.45, 2.75) is 45.4 Å². The molecule has 1 saturated heterocycles. The minimum atomic E-state index is -0.173. The standard InChI is InChI=1S/C16H24ClN3O/c1-15(2)9-20(10-16(3,4)21-15)8-12-6-5-11(14(18)19)7-13(12)17/h5-7H,8-10H2,1-4H3,(H3,18,19). The Kier molecular flexibility index (Phi) is 4.34. The van der Waals surface area contributed by atoms with E-state index in [9.17, 15) is 0 Å². The van der Waals surface area contributed by atoms with E-state index in [4.69, 9.17) is 27.5 Å². The number of nitrogens with two attached hydrogens (primary N) is 1. The molecule has 0 radical (unpaired) electrons. The summed E-state index contributed by atoms with van der Waals surface area (Å²) < 4.78 is 6.09. The molecule has 0 spiro atoms. The van der Waals surface area contributed by atoms with Crippen molar-refractivity contribution < 1.29 is 4.74 Å². The lowest BCUT2D eigenvalue weighted by Gasteiger charge is -2.47. The molecule has 0 amide bonds. The Morgan fingerprint density at radius 3 is 2.33 bits per heavy atom. The van der Waals surface area contributed by atoms with Crippen LogP contribution in [0.4, 0.5) is 0 Å². The van der Waals surface area contributed by atoms with Crippen molar-refractivity contribution in [1.82, 2.24) is 4.90 Å². The average Bonchev–Trinajstić information content (AvgIpc) is 2.27. The molecule has 21 heavy (non-hydrogen) atoms. The van der Waals surface area contributed by atoms with Gasteiger partial charge in [-0.1, -0.05) is 23.7 Å². The largest absolute Gasteiger partial charge is 0.384 e. The van der Waals surface area contributed by atoms with E-state index in [-0.39, 0.29) is 17.0 Å². The van der Waals surface area contributed by atoms with Gasteiger partial charge in [-0.3, -0.25) is 10.3 Å². The number of morpholine rings is 1. The number of rotatable bonds is 3. The fourth-order valence-electron chi connectivity index (χ4n) is 3.14. The average molecular weight is 310 g/mol. The molecule has 0 aromatic heterocycles. The van der Waals surface area contributed by atoms with Crippen molar-refractivity contribution in [2.24, 2.45) is 5.73 Å². The molecule has 1 heterocycles. The van der Waals surface area contributed by atoms with Gasteiger partial charge in [0.1, 0.15) is 5.84 Å². The van der Waals surface area contributed by atoms with Crippen molar-refractivity contribution in [3.63, 3.8) is 0 Å². The normalized spacial score (nSPS) is 21.2. The molecule has 116 valence electrons. The smallest absolute Gasteiger partial charge is 0.122 e. The van der Waals surface area contributed by atoms with Crippen LogP contribution in [0.25, 0.3) is 0 Å². The van der Waals surface area contributed by atoms with Gasteiger partial charge >= 0.3 is 0 Å². The summed E-state index contributed by atoms with van der Waals surface area (Å²) in [6.45, 7) is 10.9. The molecule has 5 heteroatoms. The summed E-state index contributed by atoms with van der Waals surface area (Å²) in [6, 6.07) is 5.56. The molecule has 0 unspecified atom stereocenters. The molecule has 3 N–H and O–H groups in total. The quantitative estimate of drug-likeness (QED) is 0.666. The van der Waals surface area contributed by atoms with E-state index >= 15 is 0 Å². The second-order valence-corrected chi connectivity index (χ2v) is 7.39. The minimum absolute atomic E-state index is 0.0390. The first-order chi connectivity index (χ1) is 9.58. The zero-order valence-electron chi connectivity index (χ0n) is 13.2.